The van der Waals surface area contributed by atoms with Gasteiger partial charge in [-0.2, -0.15) is 0 Å². The van der Waals surface area contributed by atoms with Gasteiger partial charge in [-0.15, -0.1) is 11.3 Å². The molecule has 0 aromatic carbocycles. The molecule has 90 valence electrons. The largest absolute Gasteiger partial charge is 0.480 e. The Morgan fingerprint density at radius 3 is 3.00 bits per heavy atom. The minimum atomic E-state index is -0.971. The minimum absolute atomic E-state index is 0.410. The van der Waals surface area contributed by atoms with Crippen LogP contribution in [0.15, 0.2) is 11.6 Å². The van der Waals surface area contributed by atoms with Gasteiger partial charge in [-0.05, 0) is 13.3 Å². The second-order valence-corrected chi connectivity index (χ2v) is 4.64. The van der Waals surface area contributed by atoms with Crippen molar-refractivity contribution in [3.05, 3.63) is 16.6 Å². The molecule has 0 saturated heterocycles. The van der Waals surface area contributed by atoms with E-state index in [0.29, 0.717) is 19.6 Å². The van der Waals surface area contributed by atoms with Gasteiger partial charge in [0.05, 0.1) is 0 Å². The van der Waals surface area contributed by atoms with E-state index in [1.54, 1.807) is 20.2 Å². The number of hydrogen-bond donors (Lipinski definition) is 2. The predicted octanol–water partition coefficient (Wildman–Crippen LogP) is 1.11. The Bertz CT molecular complexity index is 329. The molecule has 0 aliphatic heterocycles. The summed E-state index contributed by atoms with van der Waals surface area (Å²) in [5.41, 5.74) is -0.971. The topological polar surface area (TPSA) is 71.5 Å². The van der Waals surface area contributed by atoms with E-state index in [4.69, 9.17) is 9.84 Å². The molecule has 1 rings (SSSR count). The molecule has 0 radical (unpaired) electrons. The molecule has 1 aromatic heterocycles. The lowest BCUT2D eigenvalue weighted by molar-refractivity contribution is -0.145. The number of carboxylic acids is 1. The second-order valence-electron chi connectivity index (χ2n) is 3.66. The Morgan fingerprint density at radius 1 is 1.75 bits per heavy atom. The number of hydrogen-bond acceptors (Lipinski definition) is 5. The lowest BCUT2D eigenvalue weighted by atomic mass is 9.98. The Labute approximate surface area is 98.5 Å². The fourth-order valence-corrected chi connectivity index (χ4v) is 1.74. The first kappa shape index (κ1) is 13.1. The highest BCUT2D eigenvalue weighted by atomic mass is 32.1. The molecule has 2 N–H and O–H groups in total. The van der Waals surface area contributed by atoms with Crippen LogP contribution in [-0.2, 0) is 16.1 Å². The molecular formula is C10H16N2O3S. The summed E-state index contributed by atoms with van der Waals surface area (Å²) < 4.78 is 4.91. The summed E-state index contributed by atoms with van der Waals surface area (Å²) in [6.45, 7) is 2.53. The van der Waals surface area contributed by atoms with Gasteiger partial charge in [0.2, 0.25) is 0 Å². The van der Waals surface area contributed by atoms with E-state index >= 15 is 0 Å². The molecule has 0 bridgehead atoms. The summed E-state index contributed by atoms with van der Waals surface area (Å²) >= 11 is 1.50. The summed E-state index contributed by atoms with van der Waals surface area (Å²) in [7, 11) is 1.56. The molecule has 16 heavy (non-hydrogen) atoms. The Balaban J connectivity index is 2.53. The number of thiazole rings is 1. The van der Waals surface area contributed by atoms with E-state index in [1.165, 1.54) is 11.3 Å². The highest BCUT2D eigenvalue weighted by Gasteiger charge is 2.32. The van der Waals surface area contributed by atoms with Crippen molar-refractivity contribution in [1.82, 2.24) is 10.3 Å². The highest BCUT2D eigenvalue weighted by molar-refractivity contribution is 7.09. The predicted molar refractivity (Wildman–Crippen MR) is 61.5 cm³/mol. The smallest absolute Gasteiger partial charge is 0.323 e. The number of ether oxygens (including phenoxy) is 1. The molecule has 0 aliphatic carbocycles. The number of methoxy groups -OCH3 is 1. The van der Waals surface area contributed by atoms with Crippen LogP contribution in [0.1, 0.15) is 18.4 Å². The van der Waals surface area contributed by atoms with Crippen LogP contribution in [-0.4, -0.2) is 35.3 Å². The number of rotatable bonds is 7. The lowest BCUT2D eigenvalue weighted by Crippen LogP contribution is -2.49. The number of nitrogens with one attached hydrogen (secondary N) is 1. The first-order valence-corrected chi connectivity index (χ1v) is 5.82. The lowest BCUT2D eigenvalue weighted by Gasteiger charge is -2.25. The maximum absolute atomic E-state index is 11.2. The van der Waals surface area contributed by atoms with E-state index in [1.807, 2.05) is 5.38 Å². The average Bonchev–Trinajstić information content (AvgIpc) is 2.76. The van der Waals surface area contributed by atoms with Crippen molar-refractivity contribution in [3.8, 4) is 0 Å². The quantitative estimate of drug-likeness (QED) is 0.752. The summed E-state index contributed by atoms with van der Waals surface area (Å²) in [6.07, 6.45) is 2.12. The number of aliphatic carboxylic acids is 1. The standard InChI is InChI=1S/C10H16N2O3S/c1-10(9(13)14,3-5-15-2)12-7-8-11-4-6-16-8/h4,6,12H,3,5,7H2,1-2H3,(H,13,14). The first-order valence-electron chi connectivity index (χ1n) is 4.94. The van der Waals surface area contributed by atoms with E-state index in [0.717, 1.165) is 5.01 Å². The van der Waals surface area contributed by atoms with Gasteiger partial charge in [-0.3, -0.25) is 10.1 Å². The monoisotopic (exact) mass is 244 g/mol. The van der Waals surface area contributed by atoms with E-state index in [2.05, 4.69) is 10.3 Å². The van der Waals surface area contributed by atoms with E-state index in [9.17, 15) is 4.79 Å². The van der Waals surface area contributed by atoms with Gasteiger partial charge in [0.1, 0.15) is 10.5 Å². The van der Waals surface area contributed by atoms with Crippen molar-refractivity contribution in [1.29, 1.82) is 0 Å². The zero-order valence-corrected chi connectivity index (χ0v) is 10.2. The van der Waals surface area contributed by atoms with Crippen molar-refractivity contribution < 1.29 is 14.6 Å². The van der Waals surface area contributed by atoms with Gasteiger partial charge >= 0.3 is 5.97 Å². The molecular weight excluding hydrogens is 228 g/mol. The van der Waals surface area contributed by atoms with Crippen molar-refractivity contribution in [3.63, 3.8) is 0 Å². The second kappa shape index (κ2) is 5.93. The molecule has 1 atom stereocenters. The third-order valence-electron chi connectivity index (χ3n) is 2.39. The molecule has 0 spiro atoms. The normalized spacial score (nSPS) is 14.6. The van der Waals surface area contributed by atoms with Gasteiger partial charge in [-0.1, -0.05) is 0 Å². The van der Waals surface area contributed by atoms with Crippen LogP contribution in [0.4, 0.5) is 0 Å². The number of nitrogens with zero attached hydrogens (tertiary/aromatic N) is 1. The van der Waals surface area contributed by atoms with E-state index in [-0.39, 0.29) is 0 Å². The molecule has 5 nitrogen and oxygen atoms in total. The molecule has 0 amide bonds. The number of carbonyl (C=O) groups is 1. The third-order valence-corrected chi connectivity index (χ3v) is 3.17. The zero-order valence-electron chi connectivity index (χ0n) is 9.40. The Hall–Kier alpha value is -0.980. The molecule has 1 aromatic rings. The Morgan fingerprint density at radius 2 is 2.50 bits per heavy atom. The maximum Gasteiger partial charge on any atom is 0.323 e. The van der Waals surface area contributed by atoms with Gasteiger partial charge < -0.3 is 9.84 Å². The molecule has 0 saturated carbocycles. The van der Waals surface area contributed by atoms with Crippen LogP contribution in [0.3, 0.4) is 0 Å². The van der Waals surface area contributed by atoms with Crippen LogP contribution in [0.5, 0.6) is 0 Å². The van der Waals surface area contributed by atoms with Crippen molar-refractivity contribution in [2.24, 2.45) is 0 Å². The molecule has 1 heterocycles. The summed E-state index contributed by atoms with van der Waals surface area (Å²) in [5, 5.41) is 14.9. The van der Waals surface area contributed by atoms with Gasteiger partial charge in [-0.25, -0.2) is 4.98 Å². The third kappa shape index (κ3) is 3.55. The molecule has 6 heteroatoms. The minimum Gasteiger partial charge on any atom is -0.480 e. The van der Waals surface area contributed by atoms with Gasteiger partial charge in [0.15, 0.2) is 0 Å². The maximum atomic E-state index is 11.2. The molecule has 0 fully saturated rings. The fourth-order valence-electron chi connectivity index (χ4n) is 1.19. The van der Waals surface area contributed by atoms with Crippen molar-refractivity contribution >= 4 is 17.3 Å². The SMILES string of the molecule is COCCC(C)(NCc1nccs1)C(=O)O. The van der Waals surface area contributed by atoms with Crippen molar-refractivity contribution in [2.75, 3.05) is 13.7 Å². The summed E-state index contributed by atoms with van der Waals surface area (Å²) in [6, 6.07) is 0. The molecule has 1 unspecified atom stereocenters. The summed E-state index contributed by atoms with van der Waals surface area (Å²) in [5.74, 6) is -0.874. The van der Waals surface area contributed by atoms with Crippen LogP contribution in [0.2, 0.25) is 0 Å². The molecule has 0 aliphatic rings. The average molecular weight is 244 g/mol. The number of aromatic nitrogens is 1. The first-order chi connectivity index (χ1) is 7.58. The van der Waals surface area contributed by atoms with Crippen molar-refractivity contribution in [2.45, 2.75) is 25.4 Å². The van der Waals surface area contributed by atoms with Crippen LogP contribution >= 0.6 is 11.3 Å². The van der Waals surface area contributed by atoms with Crippen LogP contribution in [0.25, 0.3) is 0 Å². The van der Waals surface area contributed by atoms with Gasteiger partial charge in [0, 0.05) is 31.8 Å². The zero-order chi connectivity index (χ0) is 12.0. The van der Waals surface area contributed by atoms with Crippen LogP contribution in [0, 0.1) is 0 Å². The van der Waals surface area contributed by atoms with Gasteiger partial charge in [0.25, 0.3) is 0 Å². The number of carboxylic acid groups (broad SMARTS) is 1. The Kier molecular flexibility index (Phi) is 4.85. The summed E-state index contributed by atoms with van der Waals surface area (Å²) in [4.78, 5) is 15.2. The van der Waals surface area contributed by atoms with E-state index < -0.39 is 11.5 Å². The highest BCUT2D eigenvalue weighted by Crippen LogP contribution is 2.12. The van der Waals surface area contributed by atoms with Crippen LogP contribution < -0.4 is 5.32 Å². The fraction of sp³-hybridized carbons (Fsp3) is 0.600.